The average molecular weight is 418 g/mol. The second-order valence-electron chi connectivity index (χ2n) is 8.34. The summed E-state index contributed by atoms with van der Waals surface area (Å²) in [6, 6.07) is 13.2. The van der Waals surface area contributed by atoms with Crippen molar-refractivity contribution in [2.75, 3.05) is 11.4 Å². The number of amides is 2. The number of nitrogens with zero attached hydrogens (tertiary/aromatic N) is 3. The van der Waals surface area contributed by atoms with E-state index in [0.29, 0.717) is 35.8 Å². The number of carbonyl (C=O) groups excluding carboxylic acids is 2. The molecule has 7 heteroatoms. The summed E-state index contributed by atoms with van der Waals surface area (Å²) in [6.45, 7) is 8.42. The average Bonchev–Trinajstić information content (AvgIpc) is 3.37. The third-order valence-corrected chi connectivity index (χ3v) is 5.52. The Morgan fingerprint density at radius 1 is 1.16 bits per heavy atom. The number of rotatable bonds is 5. The van der Waals surface area contributed by atoms with E-state index in [4.69, 9.17) is 4.52 Å². The lowest BCUT2D eigenvalue weighted by Crippen LogP contribution is -2.30. The lowest BCUT2D eigenvalue weighted by Gasteiger charge is -2.17. The van der Waals surface area contributed by atoms with Gasteiger partial charge in [0, 0.05) is 35.8 Å². The Kier molecular flexibility index (Phi) is 5.59. The van der Waals surface area contributed by atoms with Gasteiger partial charge < -0.3 is 14.7 Å². The van der Waals surface area contributed by atoms with E-state index >= 15 is 0 Å². The van der Waals surface area contributed by atoms with Crippen LogP contribution in [0.2, 0.25) is 0 Å². The van der Waals surface area contributed by atoms with E-state index in [-0.39, 0.29) is 23.8 Å². The summed E-state index contributed by atoms with van der Waals surface area (Å²) in [5, 5.41) is 6.97. The first kappa shape index (κ1) is 20.8. The minimum Gasteiger partial charge on any atom is -0.350 e. The minimum absolute atomic E-state index is 0.0420. The van der Waals surface area contributed by atoms with Crippen molar-refractivity contribution in [1.82, 2.24) is 15.5 Å². The predicted octanol–water partition coefficient (Wildman–Crippen LogP) is 4.01. The van der Waals surface area contributed by atoms with Gasteiger partial charge in [-0.15, -0.1) is 0 Å². The summed E-state index contributed by atoms with van der Waals surface area (Å²) < 4.78 is 5.50. The molecule has 160 valence electrons. The van der Waals surface area contributed by atoms with Crippen LogP contribution in [0.4, 0.5) is 5.69 Å². The SMILES string of the molecule is Cc1ccc(N2C[C@@H](c3nc(-c4cccc(C(=O)NC(C)C)c4)no3)CC2=O)cc1C. The molecule has 31 heavy (non-hydrogen) atoms. The zero-order valence-corrected chi connectivity index (χ0v) is 18.2. The van der Waals surface area contributed by atoms with Crippen molar-refractivity contribution in [1.29, 1.82) is 0 Å². The van der Waals surface area contributed by atoms with Crippen molar-refractivity contribution in [2.24, 2.45) is 0 Å². The van der Waals surface area contributed by atoms with E-state index in [1.165, 1.54) is 5.56 Å². The van der Waals surface area contributed by atoms with Gasteiger partial charge in [0.25, 0.3) is 5.91 Å². The van der Waals surface area contributed by atoms with Crippen LogP contribution in [0.3, 0.4) is 0 Å². The standard InChI is InChI=1S/C24H26N4O3/c1-14(2)25-23(30)18-7-5-6-17(11-18)22-26-24(31-27-22)19-12-21(29)28(13-19)20-9-8-15(3)16(4)10-20/h5-11,14,19H,12-13H2,1-4H3,(H,25,30)/t19-/m0/s1. The van der Waals surface area contributed by atoms with Crippen LogP contribution in [0, 0.1) is 13.8 Å². The summed E-state index contributed by atoms with van der Waals surface area (Å²) in [6.07, 6.45) is 0.325. The van der Waals surface area contributed by atoms with Gasteiger partial charge >= 0.3 is 0 Å². The van der Waals surface area contributed by atoms with Crippen LogP contribution < -0.4 is 10.2 Å². The molecule has 1 saturated heterocycles. The number of anilines is 1. The second kappa shape index (κ2) is 8.34. The maximum absolute atomic E-state index is 12.6. The molecular weight excluding hydrogens is 392 g/mol. The Balaban J connectivity index is 1.52. The van der Waals surface area contributed by atoms with Gasteiger partial charge in [-0.25, -0.2) is 0 Å². The molecule has 2 aromatic carbocycles. The summed E-state index contributed by atoms with van der Waals surface area (Å²) in [7, 11) is 0. The highest BCUT2D eigenvalue weighted by Gasteiger charge is 2.35. The van der Waals surface area contributed by atoms with Crippen molar-refractivity contribution >= 4 is 17.5 Å². The Hall–Kier alpha value is -3.48. The summed E-state index contributed by atoms with van der Waals surface area (Å²) >= 11 is 0. The monoisotopic (exact) mass is 418 g/mol. The molecule has 4 rings (SSSR count). The lowest BCUT2D eigenvalue weighted by molar-refractivity contribution is -0.117. The predicted molar refractivity (Wildman–Crippen MR) is 118 cm³/mol. The number of aromatic nitrogens is 2. The number of hydrogen-bond donors (Lipinski definition) is 1. The maximum Gasteiger partial charge on any atom is 0.251 e. The number of hydrogen-bond acceptors (Lipinski definition) is 5. The van der Waals surface area contributed by atoms with Crippen LogP contribution in [0.15, 0.2) is 47.0 Å². The Bertz CT molecular complexity index is 1140. The highest BCUT2D eigenvalue weighted by molar-refractivity contribution is 5.96. The molecule has 1 aliphatic rings. The summed E-state index contributed by atoms with van der Waals surface area (Å²) in [4.78, 5) is 31.2. The van der Waals surface area contributed by atoms with E-state index in [2.05, 4.69) is 22.4 Å². The highest BCUT2D eigenvalue weighted by Crippen LogP contribution is 2.32. The first-order chi connectivity index (χ1) is 14.8. The van der Waals surface area contributed by atoms with Crippen molar-refractivity contribution in [3.63, 3.8) is 0 Å². The van der Waals surface area contributed by atoms with Gasteiger partial charge in [0.2, 0.25) is 17.6 Å². The Labute approximate surface area is 181 Å². The number of aryl methyl sites for hydroxylation is 2. The van der Waals surface area contributed by atoms with Gasteiger partial charge in [-0.3, -0.25) is 9.59 Å². The van der Waals surface area contributed by atoms with Crippen LogP contribution in [0.5, 0.6) is 0 Å². The van der Waals surface area contributed by atoms with Crippen molar-refractivity contribution in [3.8, 4) is 11.4 Å². The number of benzene rings is 2. The fraction of sp³-hybridized carbons (Fsp3) is 0.333. The topological polar surface area (TPSA) is 88.3 Å². The number of carbonyl (C=O) groups is 2. The minimum atomic E-state index is -0.164. The van der Waals surface area contributed by atoms with Gasteiger partial charge in [-0.2, -0.15) is 4.98 Å². The zero-order valence-electron chi connectivity index (χ0n) is 18.2. The maximum atomic E-state index is 12.6. The Morgan fingerprint density at radius 3 is 2.71 bits per heavy atom. The van der Waals surface area contributed by atoms with Crippen molar-refractivity contribution < 1.29 is 14.1 Å². The fourth-order valence-corrected chi connectivity index (χ4v) is 3.68. The quantitative estimate of drug-likeness (QED) is 0.676. The molecule has 1 atom stereocenters. The normalized spacial score (nSPS) is 16.2. The molecule has 7 nitrogen and oxygen atoms in total. The molecule has 1 aromatic heterocycles. The van der Waals surface area contributed by atoms with E-state index in [0.717, 1.165) is 11.3 Å². The third-order valence-electron chi connectivity index (χ3n) is 5.52. The Morgan fingerprint density at radius 2 is 1.97 bits per heavy atom. The van der Waals surface area contributed by atoms with E-state index < -0.39 is 0 Å². The molecule has 1 aliphatic heterocycles. The first-order valence-electron chi connectivity index (χ1n) is 10.4. The lowest BCUT2D eigenvalue weighted by atomic mass is 10.1. The summed E-state index contributed by atoms with van der Waals surface area (Å²) in [5.41, 5.74) is 4.46. The van der Waals surface area contributed by atoms with E-state index in [1.807, 2.05) is 45.0 Å². The van der Waals surface area contributed by atoms with Crippen molar-refractivity contribution in [3.05, 3.63) is 65.0 Å². The zero-order chi connectivity index (χ0) is 22.1. The van der Waals surface area contributed by atoms with Gasteiger partial charge in [0.1, 0.15) is 0 Å². The largest absolute Gasteiger partial charge is 0.350 e. The summed E-state index contributed by atoms with van der Waals surface area (Å²) in [5.74, 6) is 0.576. The molecule has 0 saturated carbocycles. The molecule has 0 bridgehead atoms. The van der Waals surface area contributed by atoms with Crippen LogP contribution in [0.25, 0.3) is 11.4 Å². The molecule has 2 amide bonds. The molecule has 2 heterocycles. The van der Waals surface area contributed by atoms with Gasteiger partial charge in [-0.1, -0.05) is 23.4 Å². The van der Waals surface area contributed by atoms with Crippen LogP contribution in [-0.4, -0.2) is 34.5 Å². The first-order valence-corrected chi connectivity index (χ1v) is 10.4. The van der Waals surface area contributed by atoms with Gasteiger partial charge in [0.05, 0.1) is 5.92 Å². The van der Waals surface area contributed by atoms with Gasteiger partial charge in [0.15, 0.2) is 0 Å². The highest BCUT2D eigenvalue weighted by atomic mass is 16.5. The molecule has 3 aromatic rings. The van der Waals surface area contributed by atoms with E-state index in [9.17, 15) is 9.59 Å². The third kappa shape index (κ3) is 4.35. The smallest absolute Gasteiger partial charge is 0.251 e. The number of nitrogens with one attached hydrogen (secondary N) is 1. The molecule has 0 aliphatic carbocycles. The molecular formula is C24H26N4O3. The second-order valence-corrected chi connectivity index (χ2v) is 8.34. The van der Waals surface area contributed by atoms with Crippen LogP contribution in [0.1, 0.15) is 53.6 Å². The fourth-order valence-electron chi connectivity index (χ4n) is 3.68. The molecule has 0 spiro atoms. The van der Waals surface area contributed by atoms with Crippen LogP contribution >= 0.6 is 0 Å². The molecule has 0 radical (unpaired) electrons. The molecule has 0 unspecified atom stereocenters. The van der Waals surface area contributed by atoms with Crippen molar-refractivity contribution in [2.45, 2.75) is 46.1 Å². The molecule has 1 fully saturated rings. The van der Waals surface area contributed by atoms with Gasteiger partial charge in [-0.05, 0) is 63.1 Å². The van der Waals surface area contributed by atoms with E-state index in [1.54, 1.807) is 23.1 Å². The van der Waals surface area contributed by atoms with Crippen LogP contribution in [-0.2, 0) is 4.79 Å². The molecule has 1 N–H and O–H groups in total.